The second-order valence-corrected chi connectivity index (χ2v) is 6.14. The maximum Gasteiger partial charge on any atom is 0.130 e. The number of benzene rings is 4. The summed E-state index contributed by atoms with van der Waals surface area (Å²) in [6, 6.07) is 28.4. The maximum absolute atomic E-state index is 2.32. The molecule has 4 aromatic rings. The molecule has 0 aromatic heterocycles. The summed E-state index contributed by atoms with van der Waals surface area (Å²) in [4.78, 5) is 0. The molecule has 112 valence electrons. The molecule has 0 unspecified atom stereocenters. The first kappa shape index (κ1) is 14.0. The molecule has 0 aliphatic rings. The molecule has 0 heterocycles. The standard InChI is InChI=1S/C22H19N/c1-16-6-2-3-9-20(16)15-23-22-11-10-19-12-17-7-4-5-8-18(17)13-21(19)14-22/h2-14,23H,15H2,1H3/p+1. The van der Waals surface area contributed by atoms with Gasteiger partial charge < -0.3 is 5.32 Å². The van der Waals surface area contributed by atoms with Crippen LogP contribution < -0.4 is 5.32 Å². The SMILES string of the molecule is Cc1ccccc1C[NH2+]c1ccc2cc3ccccc3cc2c1. The predicted octanol–water partition coefficient (Wildman–Crippen LogP) is 4.70. The van der Waals surface area contributed by atoms with Crippen LogP contribution in [-0.4, -0.2) is 0 Å². The van der Waals surface area contributed by atoms with E-state index in [1.807, 2.05) is 0 Å². The Bertz CT molecular complexity index is 985. The van der Waals surface area contributed by atoms with E-state index in [1.165, 1.54) is 38.4 Å². The Hall–Kier alpha value is -2.64. The minimum atomic E-state index is 0.978. The van der Waals surface area contributed by atoms with Crippen molar-refractivity contribution in [3.05, 3.63) is 90.0 Å². The highest BCUT2D eigenvalue weighted by Gasteiger charge is 2.04. The Morgan fingerprint density at radius 3 is 2.09 bits per heavy atom. The van der Waals surface area contributed by atoms with Crippen LogP contribution in [0.25, 0.3) is 21.5 Å². The first-order chi connectivity index (χ1) is 11.3. The largest absolute Gasteiger partial charge is 0.310 e. The summed E-state index contributed by atoms with van der Waals surface area (Å²) >= 11 is 0. The minimum absolute atomic E-state index is 0.978. The van der Waals surface area contributed by atoms with E-state index in [0.717, 1.165) is 6.54 Å². The smallest absolute Gasteiger partial charge is 0.130 e. The molecular formula is C22H20N+. The summed E-state index contributed by atoms with van der Waals surface area (Å²) in [7, 11) is 0. The van der Waals surface area contributed by atoms with Gasteiger partial charge in [0.15, 0.2) is 0 Å². The van der Waals surface area contributed by atoms with Gasteiger partial charge in [-0.1, -0.05) is 48.5 Å². The number of hydrogen-bond acceptors (Lipinski definition) is 0. The molecule has 0 bridgehead atoms. The highest BCUT2D eigenvalue weighted by atomic mass is 14.9. The van der Waals surface area contributed by atoms with Crippen LogP contribution in [0.3, 0.4) is 0 Å². The van der Waals surface area contributed by atoms with Crippen LogP contribution in [0.4, 0.5) is 5.69 Å². The van der Waals surface area contributed by atoms with E-state index in [4.69, 9.17) is 0 Å². The van der Waals surface area contributed by atoms with Gasteiger partial charge in [-0.2, -0.15) is 0 Å². The third-order valence-corrected chi connectivity index (χ3v) is 4.55. The number of hydrogen-bond donors (Lipinski definition) is 1. The van der Waals surface area contributed by atoms with Crippen LogP contribution in [0, 0.1) is 6.92 Å². The van der Waals surface area contributed by atoms with Crippen molar-refractivity contribution in [2.75, 3.05) is 0 Å². The highest BCUT2D eigenvalue weighted by Crippen LogP contribution is 2.24. The van der Waals surface area contributed by atoms with Gasteiger partial charge in [-0.25, -0.2) is 0 Å². The quantitative estimate of drug-likeness (QED) is 0.417. The fraction of sp³-hybridized carbons (Fsp3) is 0.0909. The topological polar surface area (TPSA) is 16.6 Å². The predicted molar refractivity (Wildman–Crippen MR) is 97.9 cm³/mol. The molecule has 0 radical (unpaired) electrons. The number of nitrogens with two attached hydrogens (primary N) is 1. The van der Waals surface area contributed by atoms with E-state index < -0.39 is 0 Å². The van der Waals surface area contributed by atoms with E-state index in [0.29, 0.717) is 0 Å². The number of rotatable bonds is 3. The molecule has 1 nitrogen and oxygen atoms in total. The molecule has 0 aliphatic heterocycles. The van der Waals surface area contributed by atoms with Crippen LogP contribution in [0.15, 0.2) is 78.9 Å². The number of aryl methyl sites for hydroxylation is 1. The molecule has 0 saturated carbocycles. The van der Waals surface area contributed by atoms with Gasteiger partial charge in [-0.15, -0.1) is 0 Å². The van der Waals surface area contributed by atoms with Crippen molar-refractivity contribution in [3.63, 3.8) is 0 Å². The lowest BCUT2D eigenvalue weighted by atomic mass is 10.0. The van der Waals surface area contributed by atoms with E-state index in [9.17, 15) is 0 Å². The van der Waals surface area contributed by atoms with Crippen LogP contribution in [-0.2, 0) is 6.54 Å². The van der Waals surface area contributed by atoms with Gasteiger partial charge in [-0.3, -0.25) is 0 Å². The summed E-state index contributed by atoms with van der Waals surface area (Å²) in [6.45, 7) is 3.15. The van der Waals surface area contributed by atoms with Crippen LogP contribution in [0.1, 0.15) is 11.1 Å². The molecular weight excluding hydrogens is 278 g/mol. The second-order valence-electron chi connectivity index (χ2n) is 6.14. The fourth-order valence-corrected chi connectivity index (χ4v) is 3.15. The molecule has 0 saturated heterocycles. The first-order valence-corrected chi connectivity index (χ1v) is 8.10. The third kappa shape index (κ3) is 2.84. The zero-order valence-corrected chi connectivity index (χ0v) is 13.3. The molecule has 0 atom stereocenters. The summed E-state index contributed by atoms with van der Waals surface area (Å²) in [5.74, 6) is 0. The zero-order valence-electron chi connectivity index (χ0n) is 13.3. The summed E-state index contributed by atoms with van der Waals surface area (Å²) in [5.41, 5.74) is 4.04. The Morgan fingerprint density at radius 1 is 0.652 bits per heavy atom. The van der Waals surface area contributed by atoms with Crippen LogP contribution in [0.2, 0.25) is 0 Å². The number of fused-ring (bicyclic) bond motifs is 2. The average molecular weight is 298 g/mol. The monoisotopic (exact) mass is 298 g/mol. The van der Waals surface area contributed by atoms with Crippen molar-refractivity contribution < 1.29 is 5.32 Å². The Balaban J connectivity index is 1.65. The van der Waals surface area contributed by atoms with E-state index in [-0.39, 0.29) is 0 Å². The van der Waals surface area contributed by atoms with Gasteiger partial charge in [0.2, 0.25) is 0 Å². The van der Waals surface area contributed by atoms with Crippen molar-refractivity contribution in [2.45, 2.75) is 13.5 Å². The minimum Gasteiger partial charge on any atom is -0.310 e. The lowest BCUT2D eigenvalue weighted by molar-refractivity contribution is -0.588. The highest BCUT2D eigenvalue weighted by molar-refractivity contribution is 5.98. The molecule has 1 heteroatoms. The first-order valence-electron chi connectivity index (χ1n) is 8.10. The second kappa shape index (κ2) is 5.86. The summed E-state index contributed by atoms with van der Waals surface area (Å²) in [5, 5.41) is 7.53. The van der Waals surface area contributed by atoms with Crippen molar-refractivity contribution >= 4 is 27.2 Å². The summed E-state index contributed by atoms with van der Waals surface area (Å²) < 4.78 is 0. The number of quaternary nitrogens is 1. The van der Waals surface area contributed by atoms with Gasteiger partial charge >= 0.3 is 0 Å². The average Bonchev–Trinajstić information content (AvgIpc) is 2.59. The van der Waals surface area contributed by atoms with E-state index in [1.54, 1.807) is 0 Å². The van der Waals surface area contributed by atoms with Gasteiger partial charge in [0.1, 0.15) is 12.2 Å². The van der Waals surface area contributed by atoms with Gasteiger partial charge in [0, 0.05) is 11.6 Å². The van der Waals surface area contributed by atoms with Gasteiger partial charge in [0.25, 0.3) is 0 Å². The van der Waals surface area contributed by atoms with Crippen molar-refractivity contribution in [1.29, 1.82) is 0 Å². The lowest BCUT2D eigenvalue weighted by Gasteiger charge is -2.06. The summed E-state index contributed by atoms with van der Waals surface area (Å²) in [6.07, 6.45) is 0. The molecule has 0 amide bonds. The van der Waals surface area contributed by atoms with Crippen LogP contribution in [0.5, 0.6) is 0 Å². The van der Waals surface area contributed by atoms with E-state index in [2.05, 4.69) is 91.1 Å². The molecule has 4 aromatic carbocycles. The van der Waals surface area contributed by atoms with E-state index >= 15 is 0 Å². The molecule has 0 fully saturated rings. The third-order valence-electron chi connectivity index (χ3n) is 4.55. The van der Waals surface area contributed by atoms with Crippen molar-refractivity contribution in [2.24, 2.45) is 0 Å². The molecule has 23 heavy (non-hydrogen) atoms. The van der Waals surface area contributed by atoms with Gasteiger partial charge in [0.05, 0.1) is 0 Å². The Kier molecular flexibility index (Phi) is 3.57. The normalized spacial score (nSPS) is 11.2. The lowest BCUT2D eigenvalue weighted by Crippen LogP contribution is -2.76. The fourth-order valence-electron chi connectivity index (χ4n) is 3.15. The Labute approximate surface area is 136 Å². The van der Waals surface area contributed by atoms with Crippen molar-refractivity contribution in [3.8, 4) is 0 Å². The van der Waals surface area contributed by atoms with Crippen LogP contribution >= 0.6 is 0 Å². The van der Waals surface area contributed by atoms with Gasteiger partial charge in [-0.05, 0) is 58.3 Å². The molecule has 0 spiro atoms. The zero-order chi connectivity index (χ0) is 15.6. The molecule has 0 aliphatic carbocycles. The Morgan fingerprint density at radius 2 is 1.30 bits per heavy atom. The van der Waals surface area contributed by atoms with Crippen molar-refractivity contribution in [1.82, 2.24) is 0 Å². The molecule has 2 N–H and O–H groups in total. The maximum atomic E-state index is 2.32. The molecule has 4 rings (SSSR count).